The van der Waals surface area contributed by atoms with Crippen LogP contribution in [0.15, 0.2) is 0 Å². The summed E-state index contributed by atoms with van der Waals surface area (Å²) in [5, 5.41) is 6.62. The zero-order chi connectivity index (χ0) is 11.6. The van der Waals surface area contributed by atoms with Crippen molar-refractivity contribution in [2.45, 2.75) is 13.8 Å². The number of hydrogen-bond donors (Lipinski definition) is 2. The molecule has 6 nitrogen and oxygen atoms in total. The first-order valence-electron chi connectivity index (χ1n) is 4.48. The molecule has 0 radical (unpaired) electrons. The average molecular weight is 210 g/mol. The lowest BCUT2D eigenvalue weighted by Crippen LogP contribution is -2.35. The fourth-order valence-electron chi connectivity index (χ4n) is 1.36. The molecule has 0 aromatic carbocycles. The standard InChI is InChI=1S/C9H14N4O2/c1-5-8(6(2)12-11-5)9(15)13(3)4-7(10)14/h4H2,1-3H3,(H2,10,14)(H,11,12). The summed E-state index contributed by atoms with van der Waals surface area (Å²) < 4.78 is 0. The number of carbonyl (C=O) groups is 2. The Kier molecular flexibility index (Phi) is 3.08. The van der Waals surface area contributed by atoms with Crippen LogP contribution in [0.2, 0.25) is 0 Å². The summed E-state index contributed by atoms with van der Waals surface area (Å²) in [7, 11) is 1.53. The van der Waals surface area contributed by atoms with Gasteiger partial charge < -0.3 is 10.6 Å². The number of aryl methyl sites for hydroxylation is 2. The summed E-state index contributed by atoms with van der Waals surface area (Å²) in [5.41, 5.74) is 6.81. The molecule has 0 bridgehead atoms. The van der Waals surface area contributed by atoms with E-state index in [9.17, 15) is 9.59 Å². The van der Waals surface area contributed by atoms with Crippen molar-refractivity contribution in [2.24, 2.45) is 5.73 Å². The summed E-state index contributed by atoms with van der Waals surface area (Å²) in [4.78, 5) is 23.8. The lowest BCUT2D eigenvalue weighted by Gasteiger charge is -2.14. The molecule has 0 fully saturated rings. The van der Waals surface area contributed by atoms with Crippen LogP contribution in [-0.4, -0.2) is 40.5 Å². The Bertz CT molecular complexity index is 377. The van der Waals surface area contributed by atoms with Gasteiger partial charge in [0.1, 0.15) is 0 Å². The largest absolute Gasteiger partial charge is 0.368 e. The number of nitrogens with one attached hydrogen (secondary N) is 1. The number of primary amides is 1. The van der Waals surface area contributed by atoms with Gasteiger partial charge in [-0.05, 0) is 13.8 Å². The molecular weight excluding hydrogens is 196 g/mol. The van der Waals surface area contributed by atoms with Gasteiger partial charge in [-0.2, -0.15) is 5.10 Å². The van der Waals surface area contributed by atoms with Crippen molar-refractivity contribution in [1.82, 2.24) is 15.1 Å². The average Bonchev–Trinajstić information content (AvgIpc) is 2.44. The molecule has 0 spiro atoms. The highest BCUT2D eigenvalue weighted by Crippen LogP contribution is 2.11. The van der Waals surface area contributed by atoms with Crippen molar-refractivity contribution in [3.8, 4) is 0 Å². The topological polar surface area (TPSA) is 92.1 Å². The molecule has 1 aromatic rings. The fourth-order valence-corrected chi connectivity index (χ4v) is 1.36. The zero-order valence-corrected chi connectivity index (χ0v) is 9.00. The Balaban J connectivity index is 2.89. The number of aromatic amines is 1. The predicted octanol–water partition coefficient (Wildman–Crippen LogP) is -0.416. The van der Waals surface area contributed by atoms with Crippen molar-refractivity contribution in [2.75, 3.05) is 13.6 Å². The maximum absolute atomic E-state index is 11.8. The molecule has 3 N–H and O–H groups in total. The number of nitrogens with two attached hydrogens (primary N) is 1. The van der Waals surface area contributed by atoms with E-state index in [0.29, 0.717) is 17.0 Å². The van der Waals surface area contributed by atoms with Crippen LogP contribution in [0.25, 0.3) is 0 Å². The summed E-state index contributed by atoms with van der Waals surface area (Å²) in [5.74, 6) is -0.790. The van der Waals surface area contributed by atoms with Crippen LogP contribution in [0.4, 0.5) is 0 Å². The zero-order valence-electron chi connectivity index (χ0n) is 9.00. The molecule has 0 unspecified atom stereocenters. The number of aromatic nitrogens is 2. The maximum Gasteiger partial charge on any atom is 0.257 e. The van der Waals surface area contributed by atoms with Crippen LogP contribution in [0, 0.1) is 13.8 Å². The molecule has 15 heavy (non-hydrogen) atoms. The number of likely N-dealkylation sites (N-methyl/N-ethyl adjacent to an activating group) is 1. The maximum atomic E-state index is 11.8. The lowest BCUT2D eigenvalue weighted by atomic mass is 10.2. The van der Waals surface area contributed by atoms with Gasteiger partial charge >= 0.3 is 0 Å². The molecule has 0 saturated heterocycles. The minimum Gasteiger partial charge on any atom is -0.368 e. The molecule has 6 heteroatoms. The quantitative estimate of drug-likeness (QED) is 0.710. The Labute approximate surface area is 87.4 Å². The van der Waals surface area contributed by atoms with Gasteiger partial charge in [0.15, 0.2) is 0 Å². The second-order valence-corrected chi connectivity index (χ2v) is 3.44. The van der Waals surface area contributed by atoms with E-state index in [0.717, 1.165) is 0 Å². The Morgan fingerprint density at radius 3 is 2.47 bits per heavy atom. The first-order valence-corrected chi connectivity index (χ1v) is 4.48. The van der Waals surface area contributed by atoms with Crippen molar-refractivity contribution in [1.29, 1.82) is 0 Å². The van der Waals surface area contributed by atoms with Crippen molar-refractivity contribution in [3.05, 3.63) is 17.0 Å². The van der Waals surface area contributed by atoms with E-state index >= 15 is 0 Å². The first-order chi connectivity index (χ1) is 6.93. The highest BCUT2D eigenvalue weighted by Gasteiger charge is 2.19. The van der Waals surface area contributed by atoms with Gasteiger partial charge in [-0.15, -0.1) is 0 Å². The van der Waals surface area contributed by atoms with Gasteiger partial charge in [0.05, 0.1) is 17.8 Å². The second kappa shape index (κ2) is 4.12. The smallest absolute Gasteiger partial charge is 0.257 e. The van der Waals surface area contributed by atoms with Crippen LogP contribution >= 0.6 is 0 Å². The molecule has 1 rings (SSSR count). The Morgan fingerprint density at radius 2 is 2.07 bits per heavy atom. The van der Waals surface area contributed by atoms with E-state index in [1.807, 2.05) is 0 Å². The van der Waals surface area contributed by atoms with E-state index < -0.39 is 5.91 Å². The third-order valence-corrected chi connectivity index (χ3v) is 2.08. The fraction of sp³-hybridized carbons (Fsp3) is 0.444. The van der Waals surface area contributed by atoms with Crippen molar-refractivity contribution < 1.29 is 9.59 Å². The molecule has 2 amide bonds. The number of rotatable bonds is 3. The minimum atomic E-state index is -0.537. The summed E-state index contributed by atoms with van der Waals surface area (Å²) in [6.07, 6.45) is 0. The third-order valence-electron chi connectivity index (χ3n) is 2.08. The highest BCUT2D eigenvalue weighted by molar-refractivity contribution is 5.97. The van der Waals surface area contributed by atoms with Gasteiger partial charge in [0, 0.05) is 12.7 Å². The normalized spacial score (nSPS) is 10.1. The number of nitrogens with zero attached hydrogens (tertiary/aromatic N) is 2. The highest BCUT2D eigenvalue weighted by atomic mass is 16.2. The SMILES string of the molecule is Cc1n[nH]c(C)c1C(=O)N(C)CC(N)=O. The van der Waals surface area contributed by atoms with E-state index in [-0.39, 0.29) is 12.5 Å². The Hall–Kier alpha value is -1.85. The van der Waals surface area contributed by atoms with Gasteiger partial charge in [-0.3, -0.25) is 14.7 Å². The summed E-state index contributed by atoms with van der Waals surface area (Å²) in [6.45, 7) is 3.39. The first kappa shape index (κ1) is 11.2. The van der Waals surface area contributed by atoms with Gasteiger partial charge in [-0.25, -0.2) is 0 Å². The molecule has 1 aromatic heterocycles. The molecule has 1 heterocycles. The van der Waals surface area contributed by atoms with E-state index in [2.05, 4.69) is 10.2 Å². The van der Waals surface area contributed by atoms with Gasteiger partial charge in [0.2, 0.25) is 5.91 Å². The monoisotopic (exact) mass is 210 g/mol. The van der Waals surface area contributed by atoms with E-state index in [1.165, 1.54) is 11.9 Å². The van der Waals surface area contributed by atoms with E-state index in [4.69, 9.17) is 5.73 Å². The molecule has 0 aliphatic carbocycles. The van der Waals surface area contributed by atoms with Crippen LogP contribution in [-0.2, 0) is 4.79 Å². The third kappa shape index (κ3) is 2.34. The molecule has 0 saturated carbocycles. The Morgan fingerprint density at radius 1 is 1.47 bits per heavy atom. The van der Waals surface area contributed by atoms with Crippen LogP contribution in [0.1, 0.15) is 21.7 Å². The summed E-state index contributed by atoms with van der Waals surface area (Å²) in [6, 6.07) is 0. The van der Waals surface area contributed by atoms with Crippen molar-refractivity contribution in [3.63, 3.8) is 0 Å². The molecule has 0 aliphatic heterocycles. The predicted molar refractivity (Wildman–Crippen MR) is 54.2 cm³/mol. The number of amides is 2. The van der Waals surface area contributed by atoms with E-state index in [1.54, 1.807) is 13.8 Å². The molecule has 82 valence electrons. The number of hydrogen-bond acceptors (Lipinski definition) is 3. The second-order valence-electron chi connectivity index (χ2n) is 3.44. The van der Waals surface area contributed by atoms with Gasteiger partial charge in [-0.1, -0.05) is 0 Å². The van der Waals surface area contributed by atoms with Crippen LogP contribution in [0.3, 0.4) is 0 Å². The van der Waals surface area contributed by atoms with Crippen molar-refractivity contribution >= 4 is 11.8 Å². The number of H-pyrrole nitrogens is 1. The molecule has 0 aliphatic rings. The van der Waals surface area contributed by atoms with Gasteiger partial charge in [0.25, 0.3) is 5.91 Å². The summed E-state index contributed by atoms with van der Waals surface area (Å²) >= 11 is 0. The molecule has 0 atom stereocenters. The molecular formula is C9H14N4O2. The minimum absolute atomic E-state index is 0.0944. The van der Waals surface area contributed by atoms with Crippen LogP contribution < -0.4 is 5.73 Å². The van der Waals surface area contributed by atoms with Crippen LogP contribution in [0.5, 0.6) is 0 Å². The number of carbonyl (C=O) groups excluding carboxylic acids is 2. The lowest BCUT2D eigenvalue weighted by molar-refractivity contribution is -0.118.